The number of hydrogen-bond acceptors (Lipinski definition) is 3. The summed E-state index contributed by atoms with van der Waals surface area (Å²) in [5.74, 6) is -1.01. The molecule has 5 nitrogen and oxygen atoms in total. The lowest BCUT2D eigenvalue weighted by atomic mass is 10.2. The highest BCUT2D eigenvalue weighted by molar-refractivity contribution is 9.10. The molecular weight excluding hydrogens is 435 g/mol. The third-order valence-corrected chi connectivity index (χ3v) is 6.97. The average Bonchev–Trinajstić information content (AvgIpc) is 2.90. The predicted octanol–water partition coefficient (Wildman–Crippen LogP) is 3.43. The van der Waals surface area contributed by atoms with Crippen molar-refractivity contribution in [2.45, 2.75) is 18.2 Å². The van der Waals surface area contributed by atoms with Gasteiger partial charge in [0.05, 0.1) is 10.5 Å². The Morgan fingerprint density at radius 3 is 2.44 bits per heavy atom. The summed E-state index contributed by atoms with van der Waals surface area (Å²) in [4.78, 5) is 14.4. The number of carbonyl (C=O) groups excluding carboxylic acids is 1. The van der Waals surface area contributed by atoms with Gasteiger partial charge in [-0.05, 0) is 43.7 Å². The molecule has 0 atom stereocenters. The Hall–Kier alpha value is -1.77. The summed E-state index contributed by atoms with van der Waals surface area (Å²) in [7, 11) is -3.62. The number of hydrogen-bond donors (Lipinski definition) is 0. The van der Waals surface area contributed by atoms with Gasteiger partial charge in [-0.2, -0.15) is 4.31 Å². The number of benzene rings is 2. The van der Waals surface area contributed by atoms with E-state index in [2.05, 4.69) is 15.9 Å². The number of aryl methyl sites for hydroxylation is 1. The summed E-state index contributed by atoms with van der Waals surface area (Å²) < 4.78 is 41.7. The molecule has 1 aliphatic rings. The van der Waals surface area contributed by atoms with Gasteiger partial charge < -0.3 is 4.90 Å². The van der Waals surface area contributed by atoms with E-state index in [0.717, 1.165) is 5.56 Å². The first kappa shape index (κ1) is 20.0. The first-order valence-electron chi connectivity index (χ1n) is 8.60. The molecule has 0 N–H and O–H groups in total. The van der Waals surface area contributed by atoms with Crippen LogP contribution in [0.1, 0.15) is 22.3 Å². The molecule has 2 aromatic rings. The quantitative estimate of drug-likeness (QED) is 0.713. The van der Waals surface area contributed by atoms with Crippen molar-refractivity contribution >= 4 is 31.9 Å². The normalized spacial score (nSPS) is 16.2. The van der Waals surface area contributed by atoms with Crippen molar-refractivity contribution in [3.05, 3.63) is 63.9 Å². The van der Waals surface area contributed by atoms with Crippen LogP contribution >= 0.6 is 15.9 Å². The average molecular weight is 455 g/mol. The van der Waals surface area contributed by atoms with Crippen molar-refractivity contribution in [1.29, 1.82) is 0 Å². The number of halogens is 2. The van der Waals surface area contributed by atoms with Gasteiger partial charge in [-0.15, -0.1) is 0 Å². The van der Waals surface area contributed by atoms with Crippen LogP contribution in [-0.2, 0) is 10.0 Å². The molecular formula is C19H20BrFN2O3S. The molecule has 3 rings (SSSR count). The molecule has 2 aromatic carbocycles. The van der Waals surface area contributed by atoms with E-state index < -0.39 is 21.7 Å². The van der Waals surface area contributed by atoms with Crippen LogP contribution in [0.25, 0.3) is 0 Å². The van der Waals surface area contributed by atoms with Gasteiger partial charge in [-0.1, -0.05) is 33.6 Å². The monoisotopic (exact) mass is 454 g/mol. The maximum absolute atomic E-state index is 14.0. The molecule has 0 bridgehead atoms. The van der Waals surface area contributed by atoms with Gasteiger partial charge in [0.25, 0.3) is 5.91 Å². The second-order valence-electron chi connectivity index (χ2n) is 6.49. The maximum atomic E-state index is 14.0. The third kappa shape index (κ3) is 4.39. The first-order valence-corrected chi connectivity index (χ1v) is 10.8. The Labute approximate surface area is 167 Å². The number of rotatable bonds is 3. The maximum Gasteiger partial charge on any atom is 0.256 e. The Bertz CT molecular complexity index is 948. The van der Waals surface area contributed by atoms with E-state index in [-0.39, 0.29) is 23.5 Å². The fourth-order valence-corrected chi connectivity index (χ4v) is 4.86. The topological polar surface area (TPSA) is 57.7 Å². The van der Waals surface area contributed by atoms with Gasteiger partial charge in [0.2, 0.25) is 10.0 Å². The second kappa shape index (κ2) is 8.08. The van der Waals surface area contributed by atoms with E-state index in [1.807, 2.05) is 6.92 Å². The van der Waals surface area contributed by atoms with Crippen LogP contribution in [0.4, 0.5) is 4.39 Å². The van der Waals surface area contributed by atoms with E-state index in [0.29, 0.717) is 24.0 Å². The third-order valence-electron chi connectivity index (χ3n) is 4.56. The van der Waals surface area contributed by atoms with Gasteiger partial charge in [0.1, 0.15) is 5.82 Å². The number of amides is 1. The minimum absolute atomic E-state index is 0.0146. The van der Waals surface area contributed by atoms with E-state index in [1.54, 1.807) is 24.3 Å². The first-order chi connectivity index (χ1) is 12.8. The van der Waals surface area contributed by atoms with Crippen molar-refractivity contribution < 1.29 is 17.6 Å². The molecule has 0 aliphatic carbocycles. The standard InChI is InChI=1S/C19H20BrFN2O3S/c1-14-3-6-16(7-4-14)27(25,26)23-10-2-9-22(11-12-23)19(24)17-13-15(20)5-8-18(17)21/h3-8,13H,2,9-12H2,1H3. The Morgan fingerprint density at radius 1 is 1.04 bits per heavy atom. The highest BCUT2D eigenvalue weighted by Crippen LogP contribution is 2.21. The zero-order valence-corrected chi connectivity index (χ0v) is 17.3. The van der Waals surface area contributed by atoms with Crippen molar-refractivity contribution in [2.75, 3.05) is 26.2 Å². The largest absolute Gasteiger partial charge is 0.337 e. The van der Waals surface area contributed by atoms with E-state index in [4.69, 9.17) is 0 Å². The van der Waals surface area contributed by atoms with Gasteiger partial charge in [0.15, 0.2) is 0 Å². The molecule has 8 heteroatoms. The molecule has 0 saturated carbocycles. The van der Waals surface area contributed by atoms with E-state index in [9.17, 15) is 17.6 Å². The molecule has 1 fully saturated rings. The lowest BCUT2D eigenvalue weighted by molar-refractivity contribution is 0.0759. The van der Waals surface area contributed by atoms with Crippen LogP contribution in [0.5, 0.6) is 0 Å². The Morgan fingerprint density at radius 2 is 1.74 bits per heavy atom. The van der Waals surface area contributed by atoms with Crippen molar-refractivity contribution in [3.63, 3.8) is 0 Å². The van der Waals surface area contributed by atoms with Crippen LogP contribution in [0.15, 0.2) is 51.8 Å². The Balaban J connectivity index is 1.76. The van der Waals surface area contributed by atoms with E-state index in [1.165, 1.54) is 27.4 Å². The van der Waals surface area contributed by atoms with E-state index >= 15 is 0 Å². The van der Waals surface area contributed by atoms with Gasteiger partial charge in [-0.3, -0.25) is 4.79 Å². The molecule has 0 aromatic heterocycles. The lowest BCUT2D eigenvalue weighted by Crippen LogP contribution is -2.37. The number of sulfonamides is 1. The summed E-state index contributed by atoms with van der Waals surface area (Å²) in [6.45, 7) is 2.99. The minimum Gasteiger partial charge on any atom is -0.337 e. The molecule has 0 radical (unpaired) electrons. The van der Waals surface area contributed by atoms with Crippen LogP contribution in [0.2, 0.25) is 0 Å². The van der Waals surface area contributed by atoms with Crippen molar-refractivity contribution in [1.82, 2.24) is 9.21 Å². The van der Waals surface area contributed by atoms with Crippen molar-refractivity contribution in [2.24, 2.45) is 0 Å². The summed E-state index contributed by atoms with van der Waals surface area (Å²) in [6.07, 6.45) is 0.493. The zero-order valence-electron chi connectivity index (χ0n) is 14.9. The minimum atomic E-state index is -3.62. The molecule has 1 amide bonds. The Kier molecular flexibility index (Phi) is 5.98. The molecule has 1 aliphatic heterocycles. The highest BCUT2D eigenvalue weighted by atomic mass is 79.9. The number of carbonyl (C=O) groups is 1. The van der Waals surface area contributed by atoms with Crippen LogP contribution in [-0.4, -0.2) is 49.7 Å². The fourth-order valence-electron chi connectivity index (χ4n) is 3.03. The smallest absolute Gasteiger partial charge is 0.256 e. The summed E-state index contributed by atoms with van der Waals surface area (Å²) in [5, 5.41) is 0. The molecule has 0 spiro atoms. The lowest BCUT2D eigenvalue weighted by Gasteiger charge is -2.22. The highest BCUT2D eigenvalue weighted by Gasteiger charge is 2.29. The molecule has 144 valence electrons. The fraction of sp³-hybridized carbons (Fsp3) is 0.316. The summed E-state index contributed by atoms with van der Waals surface area (Å²) in [5.41, 5.74) is 0.969. The molecule has 0 unspecified atom stereocenters. The van der Waals surface area contributed by atoms with Crippen LogP contribution < -0.4 is 0 Å². The molecule has 1 heterocycles. The summed E-state index contributed by atoms with van der Waals surface area (Å²) >= 11 is 3.25. The predicted molar refractivity (Wildman–Crippen MR) is 105 cm³/mol. The van der Waals surface area contributed by atoms with Gasteiger partial charge >= 0.3 is 0 Å². The zero-order chi connectivity index (χ0) is 19.6. The molecule has 27 heavy (non-hydrogen) atoms. The van der Waals surface area contributed by atoms with Crippen LogP contribution in [0.3, 0.4) is 0 Å². The van der Waals surface area contributed by atoms with Crippen LogP contribution in [0, 0.1) is 12.7 Å². The summed E-state index contributed by atoms with van der Waals surface area (Å²) in [6, 6.07) is 10.9. The molecule has 1 saturated heterocycles. The SMILES string of the molecule is Cc1ccc(S(=O)(=O)N2CCCN(C(=O)c3cc(Br)ccc3F)CC2)cc1. The number of nitrogens with zero attached hydrogens (tertiary/aromatic N) is 2. The second-order valence-corrected chi connectivity index (χ2v) is 9.34. The van der Waals surface area contributed by atoms with Crippen molar-refractivity contribution in [3.8, 4) is 0 Å². The van der Waals surface area contributed by atoms with Gasteiger partial charge in [-0.25, -0.2) is 12.8 Å². The van der Waals surface area contributed by atoms with Gasteiger partial charge in [0, 0.05) is 30.7 Å².